The van der Waals surface area contributed by atoms with Crippen LogP contribution in [0.25, 0.3) is 6.08 Å². The number of rotatable bonds is 3. The molecule has 0 saturated carbocycles. The summed E-state index contributed by atoms with van der Waals surface area (Å²) in [5.41, 5.74) is 1.40. The molecule has 0 bridgehead atoms. The molecular formula is C10H10ClNO2. The van der Waals surface area contributed by atoms with Gasteiger partial charge in [0.15, 0.2) is 0 Å². The van der Waals surface area contributed by atoms with Gasteiger partial charge in [0.1, 0.15) is 0 Å². The van der Waals surface area contributed by atoms with Crippen molar-refractivity contribution in [2.45, 2.75) is 6.92 Å². The smallest absolute Gasteiger partial charge is 0.258 e. The molecule has 0 radical (unpaired) electrons. The third-order valence-electron chi connectivity index (χ3n) is 1.84. The van der Waals surface area contributed by atoms with Crippen LogP contribution in [-0.4, -0.2) is 10.8 Å². The van der Waals surface area contributed by atoms with Gasteiger partial charge in [-0.05, 0) is 13.0 Å². The zero-order valence-electron chi connectivity index (χ0n) is 7.74. The van der Waals surface area contributed by atoms with E-state index in [1.54, 1.807) is 37.3 Å². The number of benzene rings is 1. The van der Waals surface area contributed by atoms with Gasteiger partial charge in [0.2, 0.25) is 0 Å². The van der Waals surface area contributed by atoms with Gasteiger partial charge in [-0.1, -0.05) is 24.3 Å². The molecule has 1 aromatic rings. The summed E-state index contributed by atoms with van der Waals surface area (Å²) in [4.78, 5) is 10.4. The van der Waals surface area contributed by atoms with Crippen molar-refractivity contribution in [1.82, 2.24) is 0 Å². The summed E-state index contributed by atoms with van der Waals surface area (Å²) in [6, 6.07) is 5.21. The molecule has 0 spiro atoms. The van der Waals surface area contributed by atoms with Crippen molar-refractivity contribution in [3.05, 3.63) is 45.5 Å². The van der Waals surface area contributed by atoms with Crippen molar-refractivity contribution in [2.75, 3.05) is 5.88 Å². The molecule has 0 aliphatic carbocycles. The molecule has 3 nitrogen and oxygen atoms in total. The Morgan fingerprint density at radius 3 is 2.86 bits per heavy atom. The lowest BCUT2D eigenvalue weighted by Crippen LogP contribution is -1.94. The molecular weight excluding hydrogens is 202 g/mol. The normalized spacial score (nSPS) is 10.7. The maximum absolute atomic E-state index is 10.7. The first-order valence-electron chi connectivity index (χ1n) is 4.13. The zero-order chi connectivity index (χ0) is 10.6. The minimum absolute atomic E-state index is 0.147. The summed E-state index contributed by atoms with van der Waals surface area (Å²) >= 11 is 5.47. The highest BCUT2D eigenvalue weighted by molar-refractivity contribution is 6.19. The molecule has 0 atom stereocenters. The van der Waals surface area contributed by atoms with Crippen molar-refractivity contribution in [1.29, 1.82) is 0 Å². The molecule has 0 aliphatic rings. The summed E-state index contributed by atoms with van der Waals surface area (Å²) in [6.07, 6.45) is 3.35. The standard InChI is InChI=1S/C10H10ClNO2/c1-8-4-2-5-9(6-3-7-11)10(8)12(13)14/h2-6H,7H2,1H3. The lowest BCUT2D eigenvalue weighted by Gasteiger charge is -2.00. The molecule has 0 saturated heterocycles. The molecule has 1 aromatic carbocycles. The number of halogens is 1. The van der Waals surface area contributed by atoms with E-state index < -0.39 is 0 Å². The predicted molar refractivity (Wildman–Crippen MR) is 57.6 cm³/mol. The molecule has 0 unspecified atom stereocenters. The maximum Gasteiger partial charge on any atom is 0.279 e. The number of hydrogen-bond donors (Lipinski definition) is 0. The summed E-state index contributed by atoms with van der Waals surface area (Å²) in [5, 5.41) is 10.7. The molecule has 0 N–H and O–H groups in total. The number of nitro groups is 1. The zero-order valence-corrected chi connectivity index (χ0v) is 8.49. The van der Waals surface area contributed by atoms with E-state index in [0.717, 1.165) is 0 Å². The monoisotopic (exact) mass is 211 g/mol. The Hall–Kier alpha value is -1.35. The van der Waals surface area contributed by atoms with Gasteiger partial charge < -0.3 is 0 Å². The molecule has 0 fully saturated rings. The highest BCUT2D eigenvalue weighted by Crippen LogP contribution is 2.23. The topological polar surface area (TPSA) is 43.1 Å². The van der Waals surface area contributed by atoms with Crippen molar-refractivity contribution < 1.29 is 4.92 Å². The third kappa shape index (κ3) is 2.33. The van der Waals surface area contributed by atoms with Crippen LogP contribution in [0.4, 0.5) is 5.69 Å². The van der Waals surface area contributed by atoms with E-state index in [2.05, 4.69) is 0 Å². The summed E-state index contributed by atoms with van der Waals surface area (Å²) in [6.45, 7) is 1.72. The first-order chi connectivity index (χ1) is 6.66. The number of nitro benzene ring substituents is 1. The minimum atomic E-state index is -0.372. The number of para-hydroxylation sites is 1. The first kappa shape index (κ1) is 10.7. The van der Waals surface area contributed by atoms with Gasteiger partial charge in [-0.15, -0.1) is 11.6 Å². The molecule has 0 aliphatic heterocycles. The number of nitrogens with zero attached hydrogens (tertiary/aromatic N) is 1. The van der Waals surface area contributed by atoms with Crippen LogP contribution in [0, 0.1) is 17.0 Å². The van der Waals surface area contributed by atoms with E-state index in [1.165, 1.54) is 0 Å². The van der Waals surface area contributed by atoms with E-state index in [1.807, 2.05) is 0 Å². The van der Waals surface area contributed by atoms with E-state index >= 15 is 0 Å². The lowest BCUT2D eigenvalue weighted by molar-refractivity contribution is -0.385. The lowest BCUT2D eigenvalue weighted by atomic mass is 10.1. The van der Waals surface area contributed by atoms with Crippen LogP contribution in [-0.2, 0) is 0 Å². The first-order valence-corrected chi connectivity index (χ1v) is 4.66. The number of allylic oxidation sites excluding steroid dienone is 1. The molecule has 0 amide bonds. The average molecular weight is 212 g/mol. The fourth-order valence-electron chi connectivity index (χ4n) is 1.24. The van der Waals surface area contributed by atoms with Gasteiger partial charge in [-0.25, -0.2) is 0 Å². The number of hydrogen-bond acceptors (Lipinski definition) is 2. The van der Waals surface area contributed by atoms with Crippen LogP contribution in [0.15, 0.2) is 24.3 Å². The third-order valence-corrected chi connectivity index (χ3v) is 2.02. The summed E-state index contributed by atoms with van der Waals surface area (Å²) in [7, 11) is 0. The van der Waals surface area contributed by atoms with Gasteiger partial charge in [0.25, 0.3) is 5.69 Å². The van der Waals surface area contributed by atoms with Crippen LogP contribution >= 0.6 is 11.6 Å². The Balaban J connectivity index is 3.21. The van der Waals surface area contributed by atoms with Crippen LogP contribution in [0.1, 0.15) is 11.1 Å². The average Bonchev–Trinajstić information content (AvgIpc) is 2.14. The second-order valence-corrected chi connectivity index (χ2v) is 3.14. The Bertz CT molecular complexity index is 374. The van der Waals surface area contributed by atoms with Gasteiger partial charge in [-0.2, -0.15) is 0 Å². The van der Waals surface area contributed by atoms with Crippen LogP contribution in [0.2, 0.25) is 0 Å². The second kappa shape index (κ2) is 4.77. The highest BCUT2D eigenvalue weighted by Gasteiger charge is 2.13. The molecule has 14 heavy (non-hydrogen) atoms. The molecule has 74 valence electrons. The molecule has 0 heterocycles. The van der Waals surface area contributed by atoms with Gasteiger partial charge in [0, 0.05) is 11.4 Å². The minimum Gasteiger partial charge on any atom is -0.258 e. The van der Waals surface area contributed by atoms with E-state index in [-0.39, 0.29) is 10.6 Å². The fourth-order valence-corrected chi connectivity index (χ4v) is 1.33. The molecule has 4 heteroatoms. The van der Waals surface area contributed by atoms with Gasteiger partial charge in [0.05, 0.1) is 10.5 Å². The summed E-state index contributed by atoms with van der Waals surface area (Å²) < 4.78 is 0. The van der Waals surface area contributed by atoms with Gasteiger partial charge in [-0.3, -0.25) is 10.1 Å². The molecule has 1 rings (SSSR count). The Morgan fingerprint density at radius 2 is 2.29 bits per heavy atom. The Morgan fingerprint density at radius 1 is 1.57 bits per heavy atom. The van der Waals surface area contributed by atoms with E-state index in [9.17, 15) is 10.1 Å². The largest absolute Gasteiger partial charge is 0.279 e. The van der Waals surface area contributed by atoms with Gasteiger partial charge >= 0.3 is 0 Å². The van der Waals surface area contributed by atoms with Crippen molar-refractivity contribution in [3.8, 4) is 0 Å². The van der Waals surface area contributed by atoms with Crippen LogP contribution in [0.3, 0.4) is 0 Å². The van der Waals surface area contributed by atoms with Crippen LogP contribution in [0.5, 0.6) is 0 Å². The quantitative estimate of drug-likeness (QED) is 0.438. The maximum atomic E-state index is 10.7. The second-order valence-electron chi connectivity index (χ2n) is 2.83. The van der Waals surface area contributed by atoms with E-state index in [4.69, 9.17) is 11.6 Å². The summed E-state index contributed by atoms with van der Waals surface area (Å²) in [5.74, 6) is 0.352. The highest BCUT2D eigenvalue weighted by atomic mass is 35.5. The Kier molecular flexibility index (Phi) is 3.65. The van der Waals surface area contributed by atoms with Crippen molar-refractivity contribution in [3.63, 3.8) is 0 Å². The van der Waals surface area contributed by atoms with Crippen molar-refractivity contribution >= 4 is 23.4 Å². The number of alkyl halides is 1. The van der Waals surface area contributed by atoms with Crippen LogP contribution < -0.4 is 0 Å². The fraction of sp³-hybridized carbons (Fsp3) is 0.200. The predicted octanol–water partition coefficient (Wildman–Crippen LogP) is 3.16. The van der Waals surface area contributed by atoms with Crippen molar-refractivity contribution in [2.24, 2.45) is 0 Å². The van der Waals surface area contributed by atoms with E-state index in [0.29, 0.717) is 17.0 Å². The Labute approximate surface area is 87.2 Å². The molecule has 0 aromatic heterocycles. The number of aryl methyl sites for hydroxylation is 1. The SMILES string of the molecule is Cc1cccc(C=CCCl)c1[N+](=O)[O-].